The zero-order valence-electron chi connectivity index (χ0n) is 7.87. The standard InChI is InChI=1S/C13H7FN/c14-12-7-4-11(5-8-12)6-9-13-3-1-2-10-15-13/h1-5,7-8H. The molecule has 2 heteroatoms. The lowest BCUT2D eigenvalue weighted by molar-refractivity contribution is 0.627. The average Bonchev–Trinajstić information content (AvgIpc) is 2.30. The van der Waals surface area contributed by atoms with Crippen LogP contribution in [0.2, 0.25) is 0 Å². The van der Waals surface area contributed by atoms with Crippen molar-refractivity contribution in [2.45, 2.75) is 0 Å². The van der Waals surface area contributed by atoms with Gasteiger partial charge in [-0.3, -0.25) is 0 Å². The molecule has 0 aliphatic carbocycles. The highest BCUT2D eigenvalue weighted by Crippen LogP contribution is 2.01. The molecule has 0 bridgehead atoms. The maximum Gasteiger partial charge on any atom is 0.123 e. The van der Waals surface area contributed by atoms with Crippen LogP contribution in [0.15, 0.2) is 42.5 Å². The molecule has 0 aliphatic heterocycles. The van der Waals surface area contributed by atoms with E-state index in [0.717, 1.165) is 5.56 Å². The second-order valence-corrected chi connectivity index (χ2v) is 2.91. The number of hydrogen-bond donors (Lipinski definition) is 0. The lowest BCUT2D eigenvalue weighted by atomic mass is 10.2. The minimum absolute atomic E-state index is 0.258. The van der Waals surface area contributed by atoms with Gasteiger partial charge in [0.05, 0.1) is 6.20 Å². The second-order valence-electron chi connectivity index (χ2n) is 2.91. The first-order chi connectivity index (χ1) is 7.34. The summed E-state index contributed by atoms with van der Waals surface area (Å²) in [6, 6.07) is 11.4. The molecule has 0 saturated heterocycles. The fourth-order valence-corrected chi connectivity index (χ4v) is 1.07. The van der Waals surface area contributed by atoms with Crippen LogP contribution in [0.25, 0.3) is 0 Å². The second kappa shape index (κ2) is 4.39. The van der Waals surface area contributed by atoms with E-state index in [0.29, 0.717) is 5.69 Å². The van der Waals surface area contributed by atoms with E-state index < -0.39 is 0 Å². The van der Waals surface area contributed by atoms with Gasteiger partial charge in [-0.2, -0.15) is 0 Å². The van der Waals surface area contributed by atoms with Crippen molar-refractivity contribution >= 4 is 0 Å². The number of halogens is 1. The molecule has 2 aromatic rings. The summed E-state index contributed by atoms with van der Waals surface area (Å²) in [5, 5.41) is 0. The SMILES string of the molecule is Fc1ccc(C#Cc2ccc[c]n2)cc1. The van der Waals surface area contributed by atoms with Crippen molar-refractivity contribution in [1.82, 2.24) is 4.98 Å². The Labute approximate surface area is 87.6 Å². The van der Waals surface area contributed by atoms with Crippen LogP contribution in [0.1, 0.15) is 11.3 Å². The molecule has 1 nitrogen and oxygen atoms in total. The maximum atomic E-state index is 12.6. The number of benzene rings is 1. The van der Waals surface area contributed by atoms with E-state index in [-0.39, 0.29) is 5.82 Å². The molecule has 0 N–H and O–H groups in total. The van der Waals surface area contributed by atoms with Crippen LogP contribution in [0.5, 0.6) is 0 Å². The molecule has 15 heavy (non-hydrogen) atoms. The van der Waals surface area contributed by atoms with Gasteiger partial charge in [-0.25, -0.2) is 9.37 Å². The van der Waals surface area contributed by atoms with Crippen LogP contribution in [0.3, 0.4) is 0 Å². The summed E-state index contributed by atoms with van der Waals surface area (Å²) >= 11 is 0. The van der Waals surface area contributed by atoms with Gasteiger partial charge in [-0.05, 0) is 42.3 Å². The Morgan fingerprint density at radius 1 is 1.07 bits per heavy atom. The van der Waals surface area contributed by atoms with Crippen LogP contribution in [-0.2, 0) is 0 Å². The van der Waals surface area contributed by atoms with Gasteiger partial charge < -0.3 is 0 Å². The van der Waals surface area contributed by atoms with E-state index in [1.165, 1.54) is 12.1 Å². The average molecular weight is 196 g/mol. The quantitative estimate of drug-likeness (QED) is 0.590. The Morgan fingerprint density at radius 2 is 1.87 bits per heavy atom. The Morgan fingerprint density at radius 3 is 2.53 bits per heavy atom. The third-order valence-corrected chi connectivity index (χ3v) is 1.79. The fourth-order valence-electron chi connectivity index (χ4n) is 1.07. The summed E-state index contributed by atoms with van der Waals surface area (Å²) in [6.07, 6.45) is 2.69. The maximum absolute atomic E-state index is 12.6. The number of pyridine rings is 1. The van der Waals surface area contributed by atoms with Crippen LogP contribution in [0.4, 0.5) is 4.39 Å². The number of nitrogens with zero attached hydrogens (tertiary/aromatic N) is 1. The molecule has 2 rings (SSSR count). The first kappa shape index (κ1) is 9.42. The summed E-state index contributed by atoms with van der Waals surface area (Å²) in [4.78, 5) is 3.94. The normalized spacial score (nSPS) is 9.13. The molecule has 0 fully saturated rings. The van der Waals surface area contributed by atoms with E-state index in [4.69, 9.17) is 0 Å². The van der Waals surface area contributed by atoms with Gasteiger partial charge in [-0.1, -0.05) is 12.0 Å². The fraction of sp³-hybridized carbons (Fsp3) is 0. The van der Waals surface area contributed by atoms with Crippen molar-refractivity contribution in [1.29, 1.82) is 0 Å². The molecule has 0 atom stereocenters. The zero-order chi connectivity index (χ0) is 10.5. The molecule has 1 aromatic carbocycles. The Bertz CT molecular complexity index is 492. The minimum Gasteiger partial charge on any atom is -0.238 e. The van der Waals surface area contributed by atoms with E-state index in [2.05, 4.69) is 23.0 Å². The first-order valence-corrected chi connectivity index (χ1v) is 4.45. The van der Waals surface area contributed by atoms with Gasteiger partial charge in [0, 0.05) is 5.56 Å². The highest BCUT2D eigenvalue weighted by Gasteiger charge is 1.89. The molecule has 0 spiro atoms. The van der Waals surface area contributed by atoms with Crippen molar-refractivity contribution < 1.29 is 4.39 Å². The Kier molecular flexibility index (Phi) is 2.75. The third kappa shape index (κ3) is 2.65. The first-order valence-electron chi connectivity index (χ1n) is 4.45. The summed E-state index contributed by atoms with van der Waals surface area (Å²) in [5.41, 5.74) is 1.42. The van der Waals surface area contributed by atoms with Gasteiger partial charge in [0.15, 0.2) is 0 Å². The highest BCUT2D eigenvalue weighted by molar-refractivity contribution is 5.39. The third-order valence-electron chi connectivity index (χ3n) is 1.79. The van der Waals surface area contributed by atoms with Crippen molar-refractivity contribution in [3.05, 3.63) is 65.7 Å². The number of hydrogen-bond acceptors (Lipinski definition) is 1. The molecule has 1 radical (unpaired) electrons. The lowest BCUT2D eigenvalue weighted by Gasteiger charge is -1.89. The summed E-state index contributed by atoms with van der Waals surface area (Å²) < 4.78 is 12.6. The zero-order valence-corrected chi connectivity index (χ0v) is 7.87. The molecule has 0 amide bonds. The summed E-state index contributed by atoms with van der Waals surface area (Å²) in [7, 11) is 0. The molecule has 1 aromatic heterocycles. The van der Waals surface area contributed by atoms with Crippen molar-refractivity contribution in [3.63, 3.8) is 0 Å². The van der Waals surface area contributed by atoms with Crippen molar-refractivity contribution in [2.75, 3.05) is 0 Å². The predicted octanol–water partition coefficient (Wildman–Crippen LogP) is 2.42. The van der Waals surface area contributed by atoms with Crippen LogP contribution < -0.4 is 0 Å². The predicted molar refractivity (Wildman–Crippen MR) is 55.5 cm³/mol. The Hall–Kier alpha value is -2.14. The topological polar surface area (TPSA) is 12.9 Å². The largest absolute Gasteiger partial charge is 0.238 e. The molecule has 1 heterocycles. The molecule has 0 aliphatic rings. The summed E-state index contributed by atoms with van der Waals surface area (Å²) in [6.45, 7) is 0. The van der Waals surface area contributed by atoms with E-state index in [1.54, 1.807) is 24.3 Å². The van der Waals surface area contributed by atoms with Crippen LogP contribution >= 0.6 is 0 Å². The highest BCUT2D eigenvalue weighted by atomic mass is 19.1. The van der Waals surface area contributed by atoms with E-state index in [1.807, 2.05) is 6.07 Å². The van der Waals surface area contributed by atoms with Gasteiger partial charge in [-0.15, -0.1) is 0 Å². The van der Waals surface area contributed by atoms with E-state index >= 15 is 0 Å². The number of aromatic nitrogens is 1. The van der Waals surface area contributed by atoms with Gasteiger partial charge in [0.2, 0.25) is 0 Å². The van der Waals surface area contributed by atoms with Crippen molar-refractivity contribution in [3.8, 4) is 11.8 Å². The van der Waals surface area contributed by atoms with E-state index in [9.17, 15) is 4.39 Å². The molecular weight excluding hydrogens is 189 g/mol. The monoisotopic (exact) mass is 196 g/mol. The van der Waals surface area contributed by atoms with Crippen molar-refractivity contribution in [2.24, 2.45) is 0 Å². The van der Waals surface area contributed by atoms with Crippen LogP contribution in [0, 0.1) is 23.9 Å². The number of rotatable bonds is 0. The van der Waals surface area contributed by atoms with Crippen LogP contribution in [-0.4, -0.2) is 4.98 Å². The summed E-state index contributed by atoms with van der Waals surface area (Å²) in [5.74, 6) is 5.50. The smallest absolute Gasteiger partial charge is 0.123 e. The molecule has 0 unspecified atom stereocenters. The lowest BCUT2D eigenvalue weighted by Crippen LogP contribution is -1.80. The van der Waals surface area contributed by atoms with Gasteiger partial charge >= 0.3 is 0 Å². The molecular formula is C13H7FN. The molecule has 71 valence electrons. The van der Waals surface area contributed by atoms with Gasteiger partial charge in [0.1, 0.15) is 11.5 Å². The van der Waals surface area contributed by atoms with Gasteiger partial charge in [0.25, 0.3) is 0 Å². The Balaban J connectivity index is 2.22. The molecule has 0 saturated carbocycles. The minimum atomic E-state index is -0.258.